The number of amides is 2. The Balaban J connectivity index is 1.61. The number of hydrogen-bond acceptors (Lipinski definition) is 3. The third-order valence-electron chi connectivity index (χ3n) is 5.55. The molecule has 2 atom stereocenters. The molecule has 2 saturated heterocycles. The second-order valence-electron chi connectivity index (χ2n) is 7.00. The van der Waals surface area contributed by atoms with Gasteiger partial charge in [-0.25, -0.2) is 4.79 Å². The number of benzene rings is 1. The van der Waals surface area contributed by atoms with Crippen molar-refractivity contribution in [3.8, 4) is 0 Å². The summed E-state index contributed by atoms with van der Waals surface area (Å²) in [5.74, 6) is 1.00. The summed E-state index contributed by atoms with van der Waals surface area (Å²) in [6.45, 7) is 3.30. The highest BCUT2D eigenvalue weighted by molar-refractivity contribution is 8.00. The van der Waals surface area contributed by atoms with Gasteiger partial charge in [0.15, 0.2) is 6.23 Å². The van der Waals surface area contributed by atoms with Crippen molar-refractivity contribution >= 4 is 17.8 Å². The van der Waals surface area contributed by atoms with Crippen molar-refractivity contribution in [1.82, 2.24) is 9.80 Å². The zero-order valence-electron chi connectivity index (χ0n) is 14.3. The molecule has 1 spiro atoms. The molecule has 1 unspecified atom stereocenters. The zero-order valence-corrected chi connectivity index (χ0v) is 15.1. The normalized spacial score (nSPS) is 28.6. The highest BCUT2D eigenvalue weighted by atomic mass is 32.2. The number of fused-ring (bicyclic) bond motifs is 2. The van der Waals surface area contributed by atoms with E-state index in [-0.39, 0.29) is 23.2 Å². The molecule has 0 aromatic heterocycles. The number of urea groups is 1. The summed E-state index contributed by atoms with van der Waals surface area (Å²) in [7, 11) is 0. The lowest BCUT2D eigenvalue weighted by atomic mass is 9.93. The monoisotopic (exact) mass is 346 g/mol. The molecule has 4 nitrogen and oxygen atoms in total. The third-order valence-corrected chi connectivity index (χ3v) is 7.20. The van der Waals surface area contributed by atoms with Gasteiger partial charge in [0.2, 0.25) is 0 Å². The highest BCUT2D eigenvalue weighted by Crippen LogP contribution is 2.52. The van der Waals surface area contributed by atoms with Gasteiger partial charge in [-0.05, 0) is 25.3 Å². The second kappa shape index (κ2) is 6.60. The lowest BCUT2D eigenvalue weighted by molar-refractivity contribution is -0.0339. The van der Waals surface area contributed by atoms with Gasteiger partial charge in [0.05, 0.1) is 17.5 Å². The zero-order chi connectivity index (χ0) is 16.6. The Kier molecular flexibility index (Phi) is 4.48. The Morgan fingerprint density at radius 3 is 2.67 bits per heavy atom. The minimum absolute atomic E-state index is 0.0286. The lowest BCUT2D eigenvalue weighted by Crippen LogP contribution is -2.48. The first-order valence-corrected chi connectivity index (χ1v) is 10.1. The minimum Gasteiger partial charge on any atom is -0.356 e. The van der Waals surface area contributed by atoms with Gasteiger partial charge in [-0.15, -0.1) is 11.8 Å². The van der Waals surface area contributed by atoms with Gasteiger partial charge in [0.1, 0.15) is 0 Å². The average Bonchev–Trinajstić information content (AvgIpc) is 3.09. The van der Waals surface area contributed by atoms with Crippen molar-refractivity contribution in [2.24, 2.45) is 0 Å². The summed E-state index contributed by atoms with van der Waals surface area (Å²) in [5, 5.41) is 0. The summed E-state index contributed by atoms with van der Waals surface area (Å²) in [4.78, 5) is 17.5. The molecule has 0 radical (unpaired) electrons. The van der Waals surface area contributed by atoms with Crippen LogP contribution < -0.4 is 0 Å². The quantitative estimate of drug-likeness (QED) is 0.824. The average molecular weight is 346 g/mol. The third kappa shape index (κ3) is 2.62. The summed E-state index contributed by atoms with van der Waals surface area (Å²) in [6.07, 6.45) is 5.94. The molecular formula is C19H26N2O2S. The van der Waals surface area contributed by atoms with Gasteiger partial charge in [0, 0.05) is 12.4 Å². The number of hydrogen-bond donors (Lipinski definition) is 0. The van der Waals surface area contributed by atoms with Crippen LogP contribution in [-0.2, 0) is 11.3 Å². The molecule has 3 aliphatic rings. The van der Waals surface area contributed by atoms with E-state index in [1.807, 2.05) is 41.8 Å². The Labute approximate surface area is 148 Å². The van der Waals surface area contributed by atoms with Crippen molar-refractivity contribution in [3.63, 3.8) is 0 Å². The Hall–Kier alpha value is -1.20. The number of carbonyl (C=O) groups excluding carboxylic acids is 1. The van der Waals surface area contributed by atoms with E-state index < -0.39 is 0 Å². The number of carbonyl (C=O) groups is 1. The first-order chi connectivity index (χ1) is 11.7. The fourth-order valence-electron chi connectivity index (χ4n) is 4.47. The number of nitrogens with zero attached hydrogens (tertiary/aromatic N) is 2. The largest absolute Gasteiger partial charge is 0.356 e. The van der Waals surface area contributed by atoms with E-state index in [2.05, 4.69) is 17.0 Å². The maximum atomic E-state index is 13.3. The molecule has 1 aliphatic carbocycles. The van der Waals surface area contributed by atoms with Gasteiger partial charge in [-0.3, -0.25) is 4.90 Å². The summed E-state index contributed by atoms with van der Waals surface area (Å²) in [6, 6.07) is 10.6. The predicted octanol–water partition coefficient (Wildman–Crippen LogP) is 4.06. The summed E-state index contributed by atoms with van der Waals surface area (Å²) < 4.78 is 6.06. The van der Waals surface area contributed by atoms with E-state index in [0.29, 0.717) is 13.2 Å². The number of thioether (sulfide) groups is 1. The van der Waals surface area contributed by atoms with E-state index in [1.54, 1.807) is 0 Å². The fraction of sp³-hybridized carbons (Fsp3) is 0.632. The van der Waals surface area contributed by atoms with Gasteiger partial charge in [-0.2, -0.15) is 0 Å². The molecule has 0 N–H and O–H groups in total. The second-order valence-corrected chi connectivity index (χ2v) is 8.38. The molecule has 2 heterocycles. The van der Waals surface area contributed by atoms with Gasteiger partial charge >= 0.3 is 6.03 Å². The maximum absolute atomic E-state index is 13.3. The molecule has 3 fully saturated rings. The topological polar surface area (TPSA) is 32.8 Å². The van der Waals surface area contributed by atoms with Crippen molar-refractivity contribution in [3.05, 3.63) is 35.9 Å². The first-order valence-electron chi connectivity index (χ1n) is 9.14. The maximum Gasteiger partial charge on any atom is 0.323 e. The molecule has 2 aliphatic heterocycles. The van der Waals surface area contributed by atoms with E-state index in [0.717, 1.165) is 18.6 Å². The van der Waals surface area contributed by atoms with Crippen LogP contribution in [0.3, 0.4) is 0 Å². The molecule has 2 amide bonds. The molecule has 0 bridgehead atoms. The SMILES string of the molecule is CCOC1[C@@H]2CSC3(CCCCC3)N2C(=O)N1Cc1ccccc1. The minimum atomic E-state index is -0.114. The molecule has 4 rings (SSSR count). The van der Waals surface area contributed by atoms with Gasteiger partial charge in [0.25, 0.3) is 0 Å². The predicted molar refractivity (Wildman–Crippen MR) is 96.7 cm³/mol. The van der Waals surface area contributed by atoms with Crippen LogP contribution in [0.4, 0.5) is 4.79 Å². The first kappa shape index (κ1) is 16.3. The van der Waals surface area contributed by atoms with Gasteiger partial charge < -0.3 is 9.64 Å². The van der Waals surface area contributed by atoms with Crippen LogP contribution in [0.1, 0.15) is 44.6 Å². The van der Waals surface area contributed by atoms with Crippen LogP contribution in [0.5, 0.6) is 0 Å². The van der Waals surface area contributed by atoms with E-state index in [4.69, 9.17) is 4.74 Å². The fourth-order valence-corrected chi connectivity index (χ4v) is 6.19. The van der Waals surface area contributed by atoms with E-state index >= 15 is 0 Å². The molecule has 130 valence electrons. The number of rotatable bonds is 4. The summed E-state index contributed by atoms with van der Waals surface area (Å²) in [5.41, 5.74) is 1.17. The van der Waals surface area contributed by atoms with Crippen LogP contribution in [0.2, 0.25) is 0 Å². The Morgan fingerprint density at radius 2 is 1.96 bits per heavy atom. The Bertz CT molecular complexity index is 588. The van der Waals surface area contributed by atoms with Gasteiger partial charge in [-0.1, -0.05) is 49.6 Å². The molecule has 1 aromatic rings. The van der Waals surface area contributed by atoms with Crippen LogP contribution in [0, 0.1) is 0 Å². The lowest BCUT2D eigenvalue weighted by Gasteiger charge is -2.40. The summed E-state index contributed by atoms with van der Waals surface area (Å²) >= 11 is 2.00. The van der Waals surface area contributed by atoms with Crippen LogP contribution in [0.15, 0.2) is 30.3 Å². The van der Waals surface area contributed by atoms with Crippen molar-refractivity contribution in [1.29, 1.82) is 0 Å². The highest BCUT2D eigenvalue weighted by Gasteiger charge is 2.59. The molecule has 1 saturated carbocycles. The van der Waals surface area contributed by atoms with Crippen molar-refractivity contribution in [2.45, 2.75) is 62.7 Å². The molecule has 24 heavy (non-hydrogen) atoms. The number of ether oxygens (including phenoxy) is 1. The smallest absolute Gasteiger partial charge is 0.323 e. The van der Waals surface area contributed by atoms with E-state index in [9.17, 15) is 4.79 Å². The van der Waals surface area contributed by atoms with Crippen molar-refractivity contribution in [2.75, 3.05) is 12.4 Å². The molecular weight excluding hydrogens is 320 g/mol. The molecule has 5 heteroatoms. The van der Waals surface area contributed by atoms with Crippen LogP contribution in [0.25, 0.3) is 0 Å². The van der Waals surface area contributed by atoms with E-state index in [1.165, 1.54) is 24.8 Å². The standard InChI is InChI=1S/C19H26N2O2S/c1-2-23-17-16-14-24-19(11-7-4-8-12-19)21(16)18(22)20(17)13-15-9-5-3-6-10-15/h3,5-6,9-10,16-17H,2,4,7-8,11-14H2,1H3/t16-,17?/m0/s1. The molecule has 1 aromatic carbocycles. The Morgan fingerprint density at radius 1 is 1.21 bits per heavy atom. The van der Waals surface area contributed by atoms with Crippen LogP contribution >= 0.6 is 11.8 Å². The van der Waals surface area contributed by atoms with Crippen molar-refractivity contribution < 1.29 is 9.53 Å². The van der Waals surface area contributed by atoms with Crippen LogP contribution in [-0.4, -0.2) is 45.3 Å².